The van der Waals surface area contributed by atoms with Crippen molar-refractivity contribution in [2.75, 3.05) is 13.1 Å². The van der Waals surface area contributed by atoms with Crippen LogP contribution in [0.3, 0.4) is 0 Å². The molecule has 0 aromatic rings. The van der Waals surface area contributed by atoms with E-state index in [4.69, 9.17) is 5.26 Å². The lowest BCUT2D eigenvalue weighted by Gasteiger charge is -2.44. The molecule has 0 amide bonds. The third kappa shape index (κ3) is 1.93. The SMILES string of the molecule is CC1(CC#N)CCC(N2CCC2)CC1. The second-order valence-corrected chi connectivity index (χ2v) is 5.27. The summed E-state index contributed by atoms with van der Waals surface area (Å²) in [6, 6.07) is 3.18. The van der Waals surface area contributed by atoms with Crippen molar-refractivity contribution >= 4 is 0 Å². The zero-order valence-electron chi connectivity index (χ0n) is 9.13. The van der Waals surface area contributed by atoms with Gasteiger partial charge in [-0.25, -0.2) is 0 Å². The summed E-state index contributed by atoms with van der Waals surface area (Å²) in [4.78, 5) is 2.62. The van der Waals surface area contributed by atoms with Crippen LogP contribution < -0.4 is 0 Å². The predicted molar refractivity (Wildman–Crippen MR) is 56.8 cm³/mol. The Kier molecular flexibility index (Phi) is 2.78. The standard InChI is InChI=1S/C12H20N2/c1-12(7-8-13)5-3-11(4-6-12)14-9-2-10-14/h11H,2-7,9-10H2,1H3. The van der Waals surface area contributed by atoms with Crippen molar-refractivity contribution in [3.8, 4) is 6.07 Å². The van der Waals surface area contributed by atoms with E-state index in [1.807, 2.05) is 0 Å². The van der Waals surface area contributed by atoms with Crippen LogP contribution in [-0.2, 0) is 0 Å². The van der Waals surface area contributed by atoms with Gasteiger partial charge in [0.2, 0.25) is 0 Å². The summed E-state index contributed by atoms with van der Waals surface area (Å²) in [5.74, 6) is 0. The first-order valence-corrected chi connectivity index (χ1v) is 5.84. The molecule has 0 spiro atoms. The molecule has 2 aliphatic rings. The summed E-state index contributed by atoms with van der Waals surface area (Å²) in [5, 5.41) is 8.76. The molecule has 2 heteroatoms. The zero-order chi connectivity index (χ0) is 10.0. The molecule has 0 bridgehead atoms. The fraction of sp³-hybridized carbons (Fsp3) is 0.917. The maximum atomic E-state index is 8.76. The van der Waals surface area contributed by atoms with Gasteiger partial charge in [-0.2, -0.15) is 5.26 Å². The number of nitrogens with zero attached hydrogens (tertiary/aromatic N) is 2. The molecule has 0 atom stereocenters. The van der Waals surface area contributed by atoms with Gasteiger partial charge in [0.25, 0.3) is 0 Å². The molecule has 0 aromatic heterocycles. The molecule has 2 fully saturated rings. The summed E-state index contributed by atoms with van der Waals surface area (Å²) in [5.41, 5.74) is 0.329. The van der Waals surface area contributed by atoms with Crippen LogP contribution in [0.2, 0.25) is 0 Å². The van der Waals surface area contributed by atoms with E-state index in [2.05, 4.69) is 17.9 Å². The summed E-state index contributed by atoms with van der Waals surface area (Å²) in [6.45, 7) is 4.92. The van der Waals surface area contributed by atoms with Gasteiger partial charge in [0, 0.05) is 12.5 Å². The van der Waals surface area contributed by atoms with Crippen LogP contribution in [0.15, 0.2) is 0 Å². The maximum Gasteiger partial charge on any atom is 0.0627 e. The topological polar surface area (TPSA) is 27.0 Å². The molecular formula is C12H20N2. The highest BCUT2D eigenvalue weighted by atomic mass is 15.2. The Morgan fingerprint density at radius 3 is 2.43 bits per heavy atom. The number of likely N-dealkylation sites (tertiary alicyclic amines) is 1. The number of nitriles is 1. The van der Waals surface area contributed by atoms with Crippen molar-refractivity contribution in [3.63, 3.8) is 0 Å². The molecule has 0 N–H and O–H groups in total. The highest BCUT2D eigenvalue weighted by molar-refractivity contribution is 4.92. The molecule has 1 saturated heterocycles. The maximum absolute atomic E-state index is 8.76. The van der Waals surface area contributed by atoms with Gasteiger partial charge in [0.05, 0.1) is 6.07 Å². The van der Waals surface area contributed by atoms with E-state index in [9.17, 15) is 0 Å². The largest absolute Gasteiger partial charge is 0.300 e. The first-order chi connectivity index (χ1) is 6.73. The van der Waals surface area contributed by atoms with E-state index >= 15 is 0 Å². The Morgan fingerprint density at radius 2 is 2.00 bits per heavy atom. The lowest BCUT2D eigenvalue weighted by atomic mass is 9.71. The highest BCUT2D eigenvalue weighted by Gasteiger charge is 2.34. The smallest absolute Gasteiger partial charge is 0.0627 e. The molecule has 78 valence electrons. The van der Waals surface area contributed by atoms with Gasteiger partial charge in [-0.05, 0) is 50.6 Å². The minimum absolute atomic E-state index is 0.329. The van der Waals surface area contributed by atoms with Gasteiger partial charge in [-0.1, -0.05) is 6.92 Å². The average Bonchev–Trinajstić information content (AvgIpc) is 2.06. The molecule has 1 heterocycles. The molecule has 1 aliphatic heterocycles. The molecule has 2 rings (SSSR count). The minimum atomic E-state index is 0.329. The number of rotatable bonds is 2. The van der Waals surface area contributed by atoms with E-state index in [1.54, 1.807) is 0 Å². The average molecular weight is 192 g/mol. The fourth-order valence-electron chi connectivity index (χ4n) is 2.74. The fourth-order valence-corrected chi connectivity index (χ4v) is 2.74. The van der Waals surface area contributed by atoms with E-state index in [0.717, 1.165) is 12.5 Å². The third-order valence-electron chi connectivity index (χ3n) is 4.08. The lowest BCUT2D eigenvalue weighted by molar-refractivity contribution is 0.0570. The Labute approximate surface area is 86.9 Å². The normalized spacial score (nSPS) is 38.7. The predicted octanol–water partition coefficient (Wildman–Crippen LogP) is 2.55. The van der Waals surface area contributed by atoms with Gasteiger partial charge in [-0.3, -0.25) is 0 Å². The number of hydrogen-bond acceptors (Lipinski definition) is 2. The van der Waals surface area contributed by atoms with E-state index in [-0.39, 0.29) is 0 Å². The van der Waals surface area contributed by atoms with Crippen LogP contribution in [0.5, 0.6) is 0 Å². The molecular weight excluding hydrogens is 172 g/mol. The van der Waals surface area contributed by atoms with Crippen LogP contribution >= 0.6 is 0 Å². The Hall–Kier alpha value is -0.550. The monoisotopic (exact) mass is 192 g/mol. The molecule has 0 radical (unpaired) electrons. The summed E-state index contributed by atoms with van der Waals surface area (Å²) < 4.78 is 0. The molecule has 0 unspecified atom stereocenters. The van der Waals surface area contributed by atoms with Gasteiger partial charge in [-0.15, -0.1) is 0 Å². The van der Waals surface area contributed by atoms with Crippen molar-refractivity contribution in [2.24, 2.45) is 5.41 Å². The van der Waals surface area contributed by atoms with Crippen molar-refractivity contribution in [1.29, 1.82) is 5.26 Å². The van der Waals surface area contributed by atoms with Gasteiger partial charge < -0.3 is 4.90 Å². The van der Waals surface area contributed by atoms with Crippen LogP contribution in [0, 0.1) is 16.7 Å². The Balaban J connectivity index is 1.82. The minimum Gasteiger partial charge on any atom is -0.300 e. The third-order valence-corrected chi connectivity index (χ3v) is 4.08. The Morgan fingerprint density at radius 1 is 1.36 bits per heavy atom. The van der Waals surface area contributed by atoms with Crippen LogP contribution in [0.4, 0.5) is 0 Å². The molecule has 1 aliphatic carbocycles. The van der Waals surface area contributed by atoms with Gasteiger partial charge >= 0.3 is 0 Å². The molecule has 0 aromatic carbocycles. The van der Waals surface area contributed by atoms with Gasteiger partial charge in [0.15, 0.2) is 0 Å². The summed E-state index contributed by atoms with van der Waals surface area (Å²) in [6.07, 6.45) is 7.28. The van der Waals surface area contributed by atoms with Gasteiger partial charge in [0.1, 0.15) is 0 Å². The summed E-state index contributed by atoms with van der Waals surface area (Å²) >= 11 is 0. The van der Waals surface area contributed by atoms with Crippen LogP contribution in [0.25, 0.3) is 0 Å². The second-order valence-electron chi connectivity index (χ2n) is 5.27. The van der Waals surface area contributed by atoms with Crippen LogP contribution in [0.1, 0.15) is 45.4 Å². The first kappa shape index (κ1) is 9.98. The van der Waals surface area contributed by atoms with Crippen molar-refractivity contribution in [3.05, 3.63) is 0 Å². The molecule has 1 saturated carbocycles. The van der Waals surface area contributed by atoms with Crippen LogP contribution in [-0.4, -0.2) is 24.0 Å². The first-order valence-electron chi connectivity index (χ1n) is 5.84. The van der Waals surface area contributed by atoms with Crippen molar-refractivity contribution in [1.82, 2.24) is 4.90 Å². The van der Waals surface area contributed by atoms with E-state index in [1.165, 1.54) is 45.2 Å². The molecule has 14 heavy (non-hydrogen) atoms. The summed E-state index contributed by atoms with van der Waals surface area (Å²) in [7, 11) is 0. The van der Waals surface area contributed by atoms with E-state index < -0.39 is 0 Å². The van der Waals surface area contributed by atoms with Crippen molar-refractivity contribution in [2.45, 2.75) is 51.5 Å². The highest BCUT2D eigenvalue weighted by Crippen LogP contribution is 2.40. The van der Waals surface area contributed by atoms with Crippen molar-refractivity contribution < 1.29 is 0 Å². The Bertz CT molecular complexity index is 229. The molecule has 2 nitrogen and oxygen atoms in total. The second kappa shape index (κ2) is 3.90. The quantitative estimate of drug-likeness (QED) is 0.672. The number of hydrogen-bond donors (Lipinski definition) is 0. The lowest BCUT2D eigenvalue weighted by Crippen LogP contribution is -2.47. The zero-order valence-corrected chi connectivity index (χ0v) is 9.13. The van der Waals surface area contributed by atoms with E-state index in [0.29, 0.717) is 5.41 Å².